The van der Waals surface area contributed by atoms with Crippen LogP contribution in [0.5, 0.6) is 0 Å². The zero-order valence-corrected chi connectivity index (χ0v) is 15.3. The molecule has 0 radical (unpaired) electrons. The minimum Gasteiger partial charge on any atom is -0.478 e. The van der Waals surface area contributed by atoms with Crippen molar-refractivity contribution in [2.75, 3.05) is 5.32 Å². The molecule has 1 aromatic carbocycles. The van der Waals surface area contributed by atoms with Gasteiger partial charge in [0.05, 0.1) is 26.9 Å². The summed E-state index contributed by atoms with van der Waals surface area (Å²) in [5.41, 5.74) is 0.0359. The number of benzene rings is 1. The first-order chi connectivity index (χ1) is 11.6. The molecule has 1 aromatic heterocycles. The highest BCUT2D eigenvalue weighted by Crippen LogP contribution is 2.30. The Kier molecular flexibility index (Phi) is 5.55. The highest BCUT2D eigenvalue weighted by atomic mass is 35.5. The quantitative estimate of drug-likeness (QED) is 0.739. The lowest BCUT2D eigenvalue weighted by atomic mass is 10.1. The molecule has 25 heavy (non-hydrogen) atoms. The fourth-order valence-corrected chi connectivity index (χ4v) is 2.24. The second-order valence-electron chi connectivity index (χ2n) is 6.18. The van der Waals surface area contributed by atoms with Crippen molar-refractivity contribution in [2.24, 2.45) is 0 Å². The summed E-state index contributed by atoms with van der Waals surface area (Å²) < 4.78 is 5.32. The van der Waals surface area contributed by atoms with Crippen LogP contribution in [0.15, 0.2) is 30.5 Å². The van der Waals surface area contributed by atoms with Gasteiger partial charge in [0.15, 0.2) is 0 Å². The zero-order chi connectivity index (χ0) is 18.8. The second-order valence-corrected chi connectivity index (χ2v) is 7.00. The molecule has 0 atom stereocenters. The molecule has 132 valence electrons. The molecule has 2 N–H and O–H groups in total. The van der Waals surface area contributed by atoms with Crippen molar-refractivity contribution in [1.82, 2.24) is 4.98 Å². The maximum absolute atomic E-state index is 12.2. The Morgan fingerprint density at radius 3 is 2.36 bits per heavy atom. The van der Waals surface area contributed by atoms with Crippen molar-refractivity contribution in [1.29, 1.82) is 0 Å². The summed E-state index contributed by atoms with van der Waals surface area (Å²) in [5.74, 6) is -1.41. The third-order valence-corrected chi connectivity index (χ3v) is 3.56. The van der Waals surface area contributed by atoms with Gasteiger partial charge in [0.1, 0.15) is 11.4 Å². The van der Waals surface area contributed by atoms with Gasteiger partial charge in [-0.05, 0) is 45.0 Å². The number of anilines is 2. The minimum absolute atomic E-state index is 0.0378. The van der Waals surface area contributed by atoms with E-state index < -0.39 is 17.5 Å². The van der Waals surface area contributed by atoms with Gasteiger partial charge in [-0.25, -0.2) is 14.6 Å². The summed E-state index contributed by atoms with van der Waals surface area (Å²) in [4.78, 5) is 27.1. The van der Waals surface area contributed by atoms with Crippen LogP contribution in [-0.4, -0.2) is 27.6 Å². The maximum atomic E-state index is 12.2. The van der Waals surface area contributed by atoms with Gasteiger partial charge in [-0.15, -0.1) is 0 Å². The molecule has 2 rings (SSSR count). The van der Waals surface area contributed by atoms with E-state index in [0.717, 1.165) is 0 Å². The predicted molar refractivity (Wildman–Crippen MR) is 96.1 cm³/mol. The lowest BCUT2D eigenvalue weighted by Crippen LogP contribution is -2.23. The van der Waals surface area contributed by atoms with E-state index in [-0.39, 0.29) is 16.4 Å². The number of carbonyl (C=O) groups is 2. The van der Waals surface area contributed by atoms with Gasteiger partial charge in [0, 0.05) is 6.20 Å². The highest BCUT2D eigenvalue weighted by Gasteiger charge is 2.19. The SMILES string of the molecule is CC(C)(C)OC(=O)c1ccc(Cl)c(Nc2ncc(C(=O)O)cc2Cl)c1. The molecule has 0 bridgehead atoms. The Morgan fingerprint density at radius 1 is 1.12 bits per heavy atom. The number of nitrogens with zero attached hydrogens (tertiary/aromatic N) is 1. The molecule has 6 nitrogen and oxygen atoms in total. The molecule has 8 heteroatoms. The number of nitrogens with one attached hydrogen (secondary N) is 1. The van der Waals surface area contributed by atoms with Gasteiger partial charge in [0.2, 0.25) is 0 Å². The normalized spacial score (nSPS) is 11.1. The summed E-state index contributed by atoms with van der Waals surface area (Å²) in [6.45, 7) is 5.31. The Labute approximate surface area is 154 Å². The molecule has 2 aromatic rings. The molecule has 0 saturated heterocycles. The van der Waals surface area contributed by atoms with Crippen molar-refractivity contribution < 1.29 is 19.4 Å². The largest absolute Gasteiger partial charge is 0.478 e. The van der Waals surface area contributed by atoms with Gasteiger partial charge in [0.25, 0.3) is 0 Å². The van der Waals surface area contributed by atoms with Gasteiger partial charge in [-0.3, -0.25) is 0 Å². The number of carboxylic acid groups (broad SMARTS) is 1. The number of carboxylic acids is 1. The average Bonchev–Trinajstić information content (AvgIpc) is 2.49. The van der Waals surface area contributed by atoms with Crippen molar-refractivity contribution in [3.05, 3.63) is 51.6 Å². The summed E-state index contributed by atoms with van der Waals surface area (Å²) in [7, 11) is 0. The number of rotatable bonds is 4. The first-order valence-corrected chi connectivity index (χ1v) is 8.01. The number of carbonyl (C=O) groups excluding carboxylic acids is 1. The van der Waals surface area contributed by atoms with Crippen LogP contribution in [0.25, 0.3) is 0 Å². The monoisotopic (exact) mass is 382 g/mol. The Balaban J connectivity index is 2.29. The summed E-state index contributed by atoms with van der Waals surface area (Å²) >= 11 is 12.2. The van der Waals surface area contributed by atoms with E-state index in [1.165, 1.54) is 18.3 Å². The van der Waals surface area contributed by atoms with Crippen LogP contribution < -0.4 is 5.32 Å². The van der Waals surface area contributed by atoms with E-state index in [1.54, 1.807) is 32.9 Å². The van der Waals surface area contributed by atoms with E-state index in [0.29, 0.717) is 16.3 Å². The molecular formula is C17H16Cl2N2O4. The number of hydrogen-bond donors (Lipinski definition) is 2. The van der Waals surface area contributed by atoms with Crippen LogP contribution in [0, 0.1) is 0 Å². The smallest absolute Gasteiger partial charge is 0.338 e. The fourth-order valence-electron chi connectivity index (χ4n) is 1.86. The molecule has 1 heterocycles. The lowest BCUT2D eigenvalue weighted by molar-refractivity contribution is 0.00694. The van der Waals surface area contributed by atoms with Gasteiger partial charge < -0.3 is 15.2 Å². The Hall–Kier alpha value is -2.31. The second kappa shape index (κ2) is 7.29. The first-order valence-electron chi connectivity index (χ1n) is 7.25. The van der Waals surface area contributed by atoms with Crippen LogP contribution >= 0.6 is 23.2 Å². The number of halogens is 2. The number of esters is 1. The van der Waals surface area contributed by atoms with E-state index in [2.05, 4.69) is 10.3 Å². The van der Waals surface area contributed by atoms with Crippen LogP contribution in [0.3, 0.4) is 0 Å². The van der Waals surface area contributed by atoms with Gasteiger partial charge >= 0.3 is 11.9 Å². The van der Waals surface area contributed by atoms with Crippen LogP contribution in [0.2, 0.25) is 10.0 Å². The number of pyridine rings is 1. The van der Waals surface area contributed by atoms with Crippen LogP contribution in [0.1, 0.15) is 41.5 Å². The van der Waals surface area contributed by atoms with E-state index in [4.69, 9.17) is 33.0 Å². The van der Waals surface area contributed by atoms with Crippen molar-refractivity contribution >= 4 is 46.6 Å². The molecule has 0 spiro atoms. The van der Waals surface area contributed by atoms with E-state index in [1.807, 2.05) is 0 Å². The van der Waals surface area contributed by atoms with Gasteiger partial charge in [-0.2, -0.15) is 0 Å². The van der Waals surface area contributed by atoms with E-state index >= 15 is 0 Å². The zero-order valence-electron chi connectivity index (χ0n) is 13.8. The van der Waals surface area contributed by atoms with Crippen LogP contribution in [-0.2, 0) is 4.74 Å². The van der Waals surface area contributed by atoms with Crippen molar-refractivity contribution in [3.8, 4) is 0 Å². The number of aromatic nitrogens is 1. The van der Waals surface area contributed by atoms with Crippen molar-refractivity contribution in [2.45, 2.75) is 26.4 Å². The molecule has 0 aliphatic rings. The fraction of sp³-hybridized carbons (Fsp3) is 0.235. The summed E-state index contributed by atoms with van der Waals surface area (Å²) in [6.07, 6.45) is 1.17. The molecule has 0 amide bonds. The number of hydrogen-bond acceptors (Lipinski definition) is 5. The van der Waals surface area contributed by atoms with E-state index in [9.17, 15) is 9.59 Å². The number of ether oxygens (including phenoxy) is 1. The Morgan fingerprint density at radius 2 is 1.80 bits per heavy atom. The molecule has 0 saturated carbocycles. The summed E-state index contributed by atoms with van der Waals surface area (Å²) in [5, 5.41) is 12.3. The minimum atomic E-state index is -1.13. The van der Waals surface area contributed by atoms with Crippen LogP contribution in [0.4, 0.5) is 11.5 Å². The highest BCUT2D eigenvalue weighted by molar-refractivity contribution is 6.34. The number of aromatic carboxylic acids is 1. The first kappa shape index (κ1) is 19.0. The molecular weight excluding hydrogens is 367 g/mol. The maximum Gasteiger partial charge on any atom is 0.338 e. The third-order valence-electron chi connectivity index (χ3n) is 2.94. The molecule has 0 aliphatic carbocycles. The third kappa shape index (κ3) is 5.08. The summed E-state index contributed by atoms with van der Waals surface area (Å²) in [6, 6.07) is 5.87. The van der Waals surface area contributed by atoms with Gasteiger partial charge in [-0.1, -0.05) is 23.2 Å². The average molecular weight is 383 g/mol. The standard InChI is InChI=1S/C17H16Cl2N2O4/c1-17(2,3)25-16(24)9-4-5-11(18)13(7-9)21-14-12(19)6-10(8-20-14)15(22)23/h4-8H,1-3H3,(H,20,21)(H,22,23). The lowest BCUT2D eigenvalue weighted by Gasteiger charge is -2.20. The predicted octanol–water partition coefficient (Wildman–Crippen LogP) is 4.79. The topological polar surface area (TPSA) is 88.5 Å². The molecule has 0 fully saturated rings. The molecule has 0 aliphatic heterocycles. The van der Waals surface area contributed by atoms with Crippen molar-refractivity contribution in [3.63, 3.8) is 0 Å². The molecule has 0 unspecified atom stereocenters. The Bertz CT molecular complexity index is 832.